The summed E-state index contributed by atoms with van der Waals surface area (Å²) >= 11 is 0. The number of allylic oxidation sites excluding steroid dienone is 2. The van der Waals surface area contributed by atoms with Crippen LogP contribution in [0.25, 0.3) is 12.2 Å². The first-order valence-electron chi connectivity index (χ1n) is 5.18. The Balaban J connectivity index is 2.75. The third-order valence-corrected chi connectivity index (χ3v) is 2.94. The van der Waals surface area contributed by atoms with Gasteiger partial charge in [-0.15, -0.1) is 7.77 Å². The van der Waals surface area contributed by atoms with Gasteiger partial charge in [0.1, 0.15) is 0 Å². The fraction of sp³-hybridized carbons (Fsp3) is 0. The molecule has 0 atom stereocenters. The van der Waals surface area contributed by atoms with Crippen molar-refractivity contribution >= 4 is 32.6 Å². The molecular formula is C12H10F2O4S2. The highest BCUT2D eigenvalue weighted by Crippen LogP contribution is 2.09. The summed E-state index contributed by atoms with van der Waals surface area (Å²) in [4.78, 5) is 0. The Morgan fingerprint density at radius 2 is 1.15 bits per heavy atom. The summed E-state index contributed by atoms with van der Waals surface area (Å²) in [7, 11) is -9.30. The molecule has 108 valence electrons. The molecule has 0 spiro atoms. The zero-order valence-corrected chi connectivity index (χ0v) is 11.6. The van der Waals surface area contributed by atoms with Crippen molar-refractivity contribution in [3.05, 3.63) is 58.4 Å². The van der Waals surface area contributed by atoms with E-state index in [1.807, 2.05) is 0 Å². The van der Waals surface area contributed by atoms with Crippen molar-refractivity contribution in [1.29, 1.82) is 0 Å². The number of hydrogen-bond acceptors (Lipinski definition) is 4. The lowest BCUT2D eigenvalue weighted by atomic mass is 10.1. The summed E-state index contributed by atoms with van der Waals surface area (Å²) in [5.41, 5.74) is 1.15. The van der Waals surface area contributed by atoms with Gasteiger partial charge in [0.2, 0.25) is 0 Å². The van der Waals surface area contributed by atoms with Crippen LogP contribution in [0.1, 0.15) is 11.1 Å². The first kappa shape index (κ1) is 16.3. The van der Waals surface area contributed by atoms with Crippen molar-refractivity contribution in [3.8, 4) is 0 Å². The number of hydrogen-bond donors (Lipinski definition) is 0. The van der Waals surface area contributed by atoms with Gasteiger partial charge in [-0.05, 0) is 23.3 Å². The van der Waals surface area contributed by atoms with Gasteiger partial charge < -0.3 is 0 Å². The lowest BCUT2D eigenvalue weighted by molar-refractivity contribution is 0.560. The van der Waals surface area contributed by atoms with Crippen LogP contribution in [0.2, 0.25) is 0 Å². The van der Waals surface area contributed by atoms with Gasteiger partial charge in [-0.2, -0.15) is 16.8 Å². The highest BCUT2D eigenvalue weighted by molar-refractivity contribution is 7.89. The second-order valence-corrected chi connectivity index (χ2v) is 6.05. The minimum absolute atomic E-state index is 0.409. The molecule has 0 fully saturated rings. The first-order chi connectivity index (χ1) is 9.16. The van der Waals surface area contributed by atoms with E-state index < -0.39 is 20.4 Å². The molecule has 0 heterocycles. The minimum Gasteiger partial charge on any atom is -0.190 e. The summed E-state index contributed by atoms with van der Waals surface area (Å²) in [6, 6.07) is 6.27. The molecule has 0 amide bonds. The summed E-state index contributed by atoms with van der Waals surface area (Å²) in [6.07, 6.45) is 4.96. The van der Waals surface area contributed by atoms with E-state index in [0.29, 0.717) is 21.9 Å². The molecule has 1 aromatic rings. The van der Waals surface area contributed by atoms with Crippen molar-refractivity contribution in [3.63, 3.8) is 0 Å². The summed E-state index contributed by atoms with van der Waals surface area (Å²) in [5.74, 6) is 0. The topological polar surface area (TPSA) is 68.3 Å². The molecule has 0 saturated carbocycles. The number of benzene rings is 1. The van der Waals surface area contributed by atoms with Gasteiger partial charge >= 0.3 is 20.4 Å². The van der Waals surface area contributed by atoms with E-state index in [9.17, 15) is 24.6 Å². The Kier molecular flexibility index (Phi) is 5.34. The van der Waals surface area contributed by atoms with Crippen LogP contribution in [0.4, 0.5) is 7.77 Å². The third kappa shape index (κ3) is 7.59. The molecule has 0 N–H and O–H groups in total. The van der Waals surface area contributed by atoms with E-state index >= 15 is 0 Å². The molecule has 0 bridgehead atoms. The maximum Gasteiger partial charge on any atom is 0.325 e. The predicted octanol–water partition coefficient (Wildman–Crippen LogP) is 2.78. The van der Waals surface area contributed by atoms with Crippen LogP contribution in [0.3, 0.4) is 0 Å². The molecule has 0 aliphatic heterocycles. The quantitative estimate of drug-likeness (QED) is 0.618. The van der Waals surface area contributed by atoms with E-state index in [0.717, 1.165) is 12.2 Å². The molecule has 20 heavy (non-hydrogen) atoms. The van der Waals surface area contributed by atoms with Crippen molar-refractivity contribution in [1.82, 2.24) is 0 Å². The number of rotatable bonds is 5. The molecule has 0 unspecified atom stereocenters. The fourth-order valence-electron chi connectivity index (χ4n) is 1.18. The van der Waals surface area contributed by atoms with Crippen LogP contribution >= 0.6 is 0 Å². The second kappa shape index (κ2) is 6.58. The molecule has 0 aromatic heterocycles. The van der Waals surface area contributed by atoms with Gasteiger partial charge in [0.25, 0.3) is 0 Å². The molecule has 0 saturated heterocycles. The van der Waals surface area contributed by atoms with Crippen molar-refractivity contribution in [2.24, 2.45) is 0 Å². The van der Waals surface area contributed by atoms with Gasteiger partial charge in [-0.3, -0.25) is 0 Å². The first-order valence-corrected chi connectivity index (χ1v) is 8.07. The fourth-order valence-corrected chi connectivity index (χ4v) is 1.78. The van der Waals surface area contributed by atoms with Gasteiger partial charge in [0, 0.05) is 0 Å². The normalized spacial score (nSPS) is 13.7. The molecule has 0 aliphatic carbocycles. The second-order valence-electron chi connectivity index (χ2n) is 3.61. The van der Waals surface area contributed by atoms with Crippen LogP contribution in [0.5, 0.6) is 0 Å². The Morgan fingerprint density at radius 3 is 1.60 bits per heavy atom. The lowest BCUT2D eigenvalue weighted by Crippen LogP contribution is -1.81. The highest BCUT2D eigenvalue weighted by atomic mass is 32.3. The standard InChI is InChI=1S/C12H10F2O4S2/c13-19(15,16)9-2-1-3-11-4-6-12(7-5-11)8-10-20(14,17)18/h1-10H/b3-1+,9-2+,10-8+. The molecule has 4 nitrogen and oxygen atoms in total. The van der Waals surface area contributed by atoms with E-state index in [-0.39, 0.29) is 0 Å². The van der Waals surface area contributed by atoms with Crippen LogP contribution in [0.15, 0.2) is 47.2 Å². The largest absolute Gasteiger partial charge is 0.325 e. The van der Waals surface area contributed by atoms with Crippen molar-refractivity contribution in [2.45, 2.75) is 0 Å². The lowest BCUT2D eigenvalue weighted by Gasteiger charge is -1.94. The predicted molar refractivity (Wildman–Crippen MR) is 73.7 cm³/mol. The smallest absolute Gasteiger partial charge is 0.190 e. The number of halogens is 2. The molecule has 8 heteroatoms. The van der Waals surface area contributed by atoms with E-state index in [1.165, 1.54) is 24.3 Å². The average molecular weight is 320 g/mol. The molecule has 0 aliphatic rings. The summed E-state index contributed by atoms with van der Waals surface area (Å²) in [6.45, 7) is 0. The van der Waals surface area contributed by atoms with Crippen LogP contribution in [0, 0.1) is 0 Å². The van der Waals surface area contributed by atoms with Gasteiger partial charge in [-0.25, -0.2) is 0 Å². The summed E-state index contributed by atoms with van der Waals surface area (Å²) in [5, 5.41) is 0.847. The third-order valence-electron chi connectivity index (χ3n) is 2.00. The minimum atomic E-state index is -4.66. The van der Waals surface area contributed by atoms with E-state index in [1.54, 1.807) is 12.1 Å². The van der Waals surface area contributed by atoms with Crippen LogP contribution in [-0.4, -0.2) is 16.8 Å². The maximum atomic E-state index is 12.2. The van der Waals surface area contributed by atoms with Gasteiger partial charge in [0.15, 0.2) is 0 Å². The maximum absolute atomic E-state index is 12.2. The zero-order chi connectivity index (χ0) is 15.2. The highest BCUT2D eigenvalue weighted by Gasteiger charge is 1.98. The van der Waals surface area contributed by atoms with E-state index in [4.69, 9.17) is 0 Å². The van der Waals surface area contributed by atoms with Gasteiger partial charge in [-0.1, -0.05) is 36.4 Å². The van der Waals surface area contributed by atoms with Crippen molar-refractivity contribution in [2.75, 3.05) is 0 Å². The Labute approximate surface area is 116 Å². The van der Waals surface area contributed by atoms with Gasteiger partial charge in [0.05, 0.1) is 10.8 Å². The monoisotopic (exact) mass is 320 g/mol. The SMILES string of the molecule is O=S(=O)(F)/C=C/C=C/c1ccc(/C=C/S(=O)(=O)F)cc1. The molecule has 0 radical (unpaired) electrons. The molecular weight excluding hydrogens is 310 g/mol. The zero-order valence-electron chi connectivity index (χ0n) is 9.98. The Morgan fingerprint density at radius 1 is 0.700 bits per heavy atom. The van der Waals surface area contributed by atoms with Crippen LogP contribution in [-0.2, 0) is 20.4 Å². The Bertz CT molecular complexity index is 743. The van der Waals surface area contributed by atoms with E-state index in [2.05, 4.69) is 0 Å². The average Bonchev–Trinajstić information content (AvgIpc) is 2.31. The molecule has 1 rings (SSSR count). The Hall–Kier alpha value is -1.80. The summed E-state index contributed by atoms with van der Waals surface area (Å²) < 4.78 is 65.2. The van der Waals surface area contributed by atoms with Crippen molar-refractivity contribution < 1.29 is 24.6 Å². The molecule has 1 aromatic carbocycles. The van der Waals surface area contributed by atoms with Crippen LogP contribution < -0.4 is 0 Å².